The molecule has 1 fully saturated rings. The lowest BCUT2D eigenvalue weighted by molar-refractivity contribution is -0.142. The first kappa shape index (κ1) is 87.6. The third kappa shape index (κ3) is 32.5. The minimum atomic E-state index is -1.88. The number of aliphatic hydroxyl groups is 1. The predicted octanol–water partition coefficient (Wildman–Crippen LogP) is -4.54. The molecule has 1 aliphatic heterocycles. The van der Waals surface area contributed by atoms with Crippen molar-refractivity contribution in [1.29, 1.82) is 0 Å². The molecule has 2 aromatic carbocycles. The number of nitrogens with zero attached hydrogens (tertiary/aromatic N) is 2. The van der Waals surface area contributed by atoms with Crippen LogP contribution in [0.25, 0.3) is 0 Å². The number of nitrogens with two attached hydrogens (primary N) is 4. The van der Waals surface area contributed by atoms with E-state index in [1.807, 2.05) is 0 Å². The molecule has 570 valence electrons. The highest BCUT2D eigenvalue weighted by molar-refractivity contribution is 7.98. The summed E-state index contributed by atoms with van der Waals surface area (Å²) in [7, 11) is 0. The molecule has 13 amide bonds. The van der Waals surface area contributed by atoms with Gasteiger partial charge >= 0.3 is 11.9 Å². The van der Waals surface area contributed by atoms with Gasteiger partial charge in [0.05, 0.1) is 32.2 Å². The quantitative estimate of drug-likeness (QED) is 0.0169. The van der Waals surface area contributed by atoms with Gasteiger partial charge in [-0.15, -0.1) is 0 Å². The van der Waals surface area contributed by atoms with E-state index < -0.39 is 200 Å². The van der Waals surface area contributed by atoms with E-state index in [2.05, 4.69) is 63.5 Å². The maximum atomic E-state index is 14.4. The number of carboxylic acid groups (broad SMARTS) is 2. The summed E-state index contributed by atoms with van der Waals surface area (Å²) in [6.45, 7) is 4.49. The molecular weight excluding hydrogens is 1380 g/mol. The van der Waals surface area contributed by atoms with Crippen molar-refractivity contribution >= 4 is 118 Å². The van der Waals surface area contributed by atoms with Crippen LogP contribution in [0, 0.1) is 11.8 Å². The molecule has 0 unspecified atom stereocenters. The summed E-state index contributed by atoms with van der Waals surface area (Å²) < 4.78 is 0. The summed E-state index contributed by atoms with van der Waals surface area (Å²) in [6, 6.07) is 1.99. The standard InChI is InChI=1S/C66H101N17O18S2/c1-36(2)29-46(60(96)75-41(19-13-25-71-66(69)70)57(93)79-45(55(68)91)31-39-17-11-8-12-18-39)80-64(100)54(37(3)4)82-51(86)34-73-63(99)49-20-14-26-83(49)65(101)44(24-28-103-6)78-62(98)48(35-84)81-59(95)43(23-27-102-5)77-58(94)42(21-22-52(87)88)76-61(97)47(32-53(89)90)74-50(85)33-72-56(92)40(67)30-38-15-9-7-10-16-38/h7-12,15-18,36-37,40-49,54,84H,13-14,19-35,67H2,1-6H3,(H2,68,91)(H,72,92)(H,73,99)(H,74,85)(H,75,96)(H,76,97)(H,77,94)(H,78,98)(H,79,93)(H,80,100)(H,81,95)(H,82,86)(H,87,88)(H,89,90)(H4,69,70,71)/t40-,41-,42-,43-,44-,45-,46-,47-,48-,49-,54-/m0/s1. The van der Waals surface area contributed by atoms with Crippen molar-refractivity contribution < 1.29 is 87.2 Å². The predicted molar refractivity (Wildman–Crippen MR) is 382 cm³/mol. The van der Waals surface area contributed by atoms with Crippen molar-refractivity contribution in [2.24, 2.45) is 39.8 Å². The lowest BCUT2D eigenvalue weighted by atomic mass is 9.99. The fourth-order valence-corrected chi connectivity index (χ4v) is 11.6. The zero-order valence-electron chi connectivity index (χ0n) is 58.7. The normalized spacial score (nSPS) is 15.4. The Morgan fingerprint density at radius 3 is 1.54 bits per heavy atom. The lowest BCUT2D eigenvalue weighted by Crippen LogP contribution is -2.60. The van der Waals surface area contributed by atoms with Crippen LogP contribution in [0.3, 0.4) is 0 Å². The average molecular weight is 1480 g/mol. The van der Waals surface area contributed by atoms with Crippen molar-refractivity contribution in [2.75, 3.05) is 56.8 Å². The van der Waals surface area contributed by atoms with Crippen LogP contribution in [0.15, 0.2) is 65.7 Å². The summed E-state index contributed by atoms with van der Waals surface area (Å²) in [6.07, 6.45) is 1.75. The van der Waals surface area contributed by atoms with Crippen LogP contribution in [-0.2, 0) is 84.8 Å². The largest absolute Gasteiger partial charge is 0.481 e. The molecule has 2 aromatic rings. The second kappa shape index (κ2) is 46.1. The molecule has 37 heteroatoms. The van der Waals surface area contributed by atoms with Crippen molar-refractivity contribution in [3.05, 3.63) is 71.8 Å². The van der Waals surface area contributed by atoms with Crippen LogP contribution in [0.2, 0.25) is 0 Å². The third-order valence-corrected chi connectivity index (χ3v) is 17.3. The van der Waals surface area contributed by atoms with Gasteiger partial charge in [0, 0.05) is 25.9 Å². The molecule has 11 atom stereocenters. The topological polar surface area (TPSA) is 569 Å². The van der Waals surface area contributed by atoms with E-state index in [4.69, 9.17) is 22.9 Å². The number of likely N-dealkylation sites (tertiary alicyclic amines) is 1. The maximum absolute atomic E-state index is 14.4. The minimum Gasteiger partial charge on any atom is -0.481 e. The van der Waals surface area contributed by atoms with Gasteiger partial charge in [-0.05, 0) is 105 Å². The Kier molecular flexibility index (Phi) is 39.2. The molecule has 0 saturated carbocycles. The van der Waals surface area contributed by atoms with Crippen LogP contribution in [0.5, 0.6) is 0 Å². The number of guanidine groups is 1. The van der Waals surface area contributed by atoms with Crippen molar-refractivity contribution in [2.45, 2.75) is 171 Å². The molecule has 1 saturated heterocycles. The molecule has 1 heterocycles. The van der Waals surface area contributed by atoms with Gasteiger partial charge in [0.25, 0.3) is 0 Å². The number of primary amides is 1. The summed E-state index contributed by atoms with van der Waals surface area (Å²) in [4.78, 5) is 206. The molecule has 3 rings (SSSR count). The summed E-state index contributed by atoms with van der Waals surface area (Å²) in [5.41, 5.74) is 24.1. The first-order chi connectivity index (χ1) is 48.8. The fraction of sp³-hybridized carbons (Fsp3) is 0.576. The van der Waals surface area contributed by atoms with Crippen LogP contribution < -0.4 is 81.4 Å². The van der Waals surface area contributed by atoms with Crippen LogP contribution >= 0.6 is 23.5 Å². The second-order valence-corrected chi connectivity index (χ2v) is 27.2. The summed E-state index contributed by atoms with van der Waals surface area (Å²) in [5.74, 6) is -15.2. The Bertz CT molecular complexity index is 3240. The first-order valence-corrected chi connectivity index (χ1v) is 36.4. The molecule has 0 spiro atoms. The van der Waals surface area contributed by atoms with Gasteiger partial charge < -0.3 is 102 Å². The Hall–Kier alpha value is -9.62. The Morgan fingerprint density at radius 2 is 1.02 bits per heavy atom. The molecule has 0 aromatic heterocycles. The number of aliphatic carboxylic acids is 2. The zero-order valence-corrected chi connectivity index (χ0v) is 60.3. The van der Waals surface area contributed by atoms with Crippen LogP contribution in [0.1, 0.15) is 103 Å². The van der Waals surface area contributed by atoms with Crippen molar-refractivity contribution in [1.82, 2.24) is 63.4 Å². The molecule has 0 bridgehead atoms. The number of benzene rings is 2. The fourth-order valence-electron chi connectivity index (χ4n) is 10.6. The second-order valence-electron chi connectivity index (χ2n) is 25.2. The molecule has 0 radical (unpaired) electrons. The van der Waals surface area contributed by atoms with Gasteiger partial charge in [0.15, 0.2) is 5.96 Å². The van der Waals surface area contributed by atoms with Gasteiger partial charge in [0.2, 0.25) is 76.8 Å². The molecule has 103 heavy (non-hydrogen) atoms. The van der Waals surface area contributed by atoms with Crippen LogP contribution in [-0.4, -0.2) is 238 Å². The van der Waals surface area contributed by atoms with E-state index in [1.165, 1.54) is 28.4 Å². The van der Waals surface area contributed by atoms with Crippen molar-refractivity contribution in [3.8, 4) is 0 Å². The third-order valence-electron chi connectivity index (χ3n) is 16.0. The summed E-state index contributed by atoms with van der Waals surface area (Å²) >= 11 is 2.54. The Labute approximate surface area is 605 Å². The van der Waals surface area contributed by atoms with E-state index >= 15 is 0 Å². The van der Waals surface area contributed by atoms with Gasteiger partial charge in [-0.25, -0.2) is 0 Å². The highest BCUT2D eigenvalue weighted by Gasteiger charge is 2.40. The molecular formula is C66H101N17O18S2. The van der Waals surface area contributed by atoms with E-state index in [1.54, 1.807) is 101 Å². The molecule has 1 aliphatic rings. The monoisotopic (exact) mass is 1480 g/mol. The van der Waals surface area contributed by atoms with Crippen LogP contribution in [0.4, 0.5) is 0 Å². The highest BCUT2D eigenvalue weighted by atomic mass is 32.2. The zero-order chi connectivity index (χ0) is 76.9. The number of hydrogen-bond donors (Lipinski definition) is 18. The van der Waals surface area contributed by atoms with Gasteiger partial charge in [-0.2, -0.15) is 23.5 Å². The summed E-state index contributed by atoms with van der Waals surface area (Å²) in [5, 5.41) is 56.8. The smallest absolute Gasteiger partial charge is 0.305 e. The SMILES string of the molecule is CSCC[C@H](NC(=O)[C@H](CCC(=O)O)NC(=O)[C@H](CC(=O)O)NC(=O)CNC(=O)[C@@H](N)Cc1ccccc1)C(=O)N[C@@H](CO)C(=O)N[C@@H](CCSC)C(=O)N1CCC[C@H]1C(=O)NCC(=O)N[C@H](C(=O)N[C@@H](CC(C)C)C(=O)N[C@@H](CCCN=C(N)N)C(=O)N[C@@H](Cc1ccccc1)C(N)=O)C(C)C. The van der Waals surface area contributed by atoms with Gasteiger partial charge in [-0.3, -0.25) is 76.9 Å². The Balaban J connectivity index is 1.72. The number of carbonyl (C=O) groups excluding carboxylic acids is 13. The van der Waals surface area contributed by atoms with Gasteiger partial charge in [-0.1, -0.05) is 88.4 Å². The molecule has 22 N–H and O–H groups in total. The van der Waals surface area contributed by atoms with Gasteiger partial charge in [0.1, 0.15) is 60.4 Å². The number of aliphatic hydroxyl groups excluding tert-OH is 1. The lowest BCUT2D eigenvalue weighted by Gasteiger charge is -2.30. The number of carbonyl (C=O) groups is 15. The number of nitrogens with one attached hydrogen (secondary N) is 11. The van der Waals surface area contributed by atoms with E-state index in [0.29, 0.717) is 12.0 Å². The number of rotatable bonds is 47. The molecule has 35 nitrogen and oxygen atoms in total. The number of amides is 13. The first-order valence-electron chi connectivity index (χ1n) is 33.6. The van der Waals surface area contributed by atoms with E-state index in [0.717, 1.165) is 5.56 Å². The van der Waals surface area contributed by atoms with Crippen molar-refractivity contribution in [3.63, 3.8) is 0 Å². The number of hydrogen-bond acceptors (Lipinski definition) is 20. The number of thioether (sulfide) groups is 2. The van der Waals surface area contributed by atoms with E-state index in [-0.39, 0.29) is 87.8 Å². The molecule has 0 aliphatic carbocycles. The number of aliphatic imine (C=N–C) groups is 1. The number of carboxylic acids is 2. The Morgan fingerprint density at radius 1 is 0.544 bits per heavy atom. The highest BCUT2D eigenvalue weighted by Crippen LogP contribution is 2.21. The van der Waals surface area contributed by atoms with E-state index in [9.17, 15) is 87.2 Å². The average Bonchev–Trinajstić information content (AvgIpc) is 1.72. The maximum Gasteiger partial charge on any atom is 0.305 e. The minimum absolute atomic E-state index is 0.00235.